The third-order valence-corrected chi connectivity index (χ3v) is 1.31. The van der Waals surface area contributed by atoms with Gasteiger partial charge in [0.1, 0.15) is 11.3 Å². The smallest absolute Gasteiger partial charge is 0.162 e. The zero-order valence-electron chi connectivity index (χ0n) is 4.84. The van der Waals surface area contributed by atoms with Crippen molar-refractivity contribution in [3.05, 3.63) is 0 Å². The molecule has 0 saturated heterocycles. The van der Waals surface area contributed by atoms with E-state index in [1.165, 1.54) is 0 Å². The van der Waals surface area contributed by atoms with Crippen molar-refractivity contribution in [1.82, 2.24) is 0 Å². The van der Waals surface area contributed by atoms with Crippen LogP contribution in [0.4, 0.5) is 0 Å². The van der Waals surface area contributed by atoms with Crippen molar-refractivity contribution in [1.29, 1.82) is 0 Å². The minimum Gasteiger partial charge on any atom is -0.351 e. The Labute approximate surface area is 51.6 Å². The molecule has 0 aromatic carbocycles. The van der Waals surface area contributed by atoms with E-state index in [9.17, 15) is 4.21 Å². The van der Waals surface area contributed by atoms with Crippen LogP contribution in [0.25, 0.3) is 0 Å². The summed E-state index contributed by atoms with van der Waals surface area (Å²) >= 11 is 0.0289. The fourth-order valence-electron chi connectivity index (χ4n) is 0.107. The molecule has 0 saturated carbocycles. The van der Waals surface area contributed by atoms with Crippen molar-refractivity contribution in [3.63, 3.8) is 0 Å². The molecule has 0 aromatic heterocycles. The molecule has 3 nitrogen and oxygen atoms in total. The molecular formula is C4H9NO2S. The van der Waals surface area contributed by atoms with Crippen LogP contribution in [-0.4, -0.2) is 19.9 Å². The molecule has 0 heterocycles. The molecule has 4 heteroatoms. The summed E-state index contributed by atoms with van der Waals surface area (Å²) in [5.74, 6) is 0. The first-order valence-corrected chi connectivity index (χ1v) is 2.87. The Morgan fingerprint density at radius 3 is 2.12 bits per heavy atom. The molecule has 0 spiro atoms. The molecule has 0 aliphatic rings. The lowest BCUT2D eigenvalue weighted by molar-refractivity contribution is 0.487. The van der Waals surface area contributed by atoms with Gasteiger partial charge < -0.3 is 10.8 Å². The first-order valence-electron chi connectivity index (χ1n) is 2.13. The van der Waals surface area contributed by atoms with Crippen LogP contribution in [0.5, 0.6) is 0 Å². The second-order valence-electron chi connectivity index (χ2n) is 2.11. The molecule has 0 amide bonds. The molecule has 0 rings (SSSR count). The molecule has 0 fully saturated rings. The molecule has 0 aromatic rings. The maximum absolute atomic E-state index is 9.83. The van der Waals surface area contributed by atoms with Gasteiger partial charge in [-0.05, 0) is 13.8 Å². The van der Waals surface area contributed by atoms with Gasteiger partial charge in [-0.3, -0.25) is 0 Å². The monoisotopic (exact) mass is 135 g/mol. The summed E-state index contributed by atoms with van der Waals surface area (Å²) < 4.78 is 9.83. The Bertz CT molecular complexity index is 131. The minimum atomic E-state index is -0.869. The van der Waals surface area contributed by atoms with Crippen LogP contribution in [0.2, 0.25) is 0 Å². The van der Waals surface area contributed by atoms with Crippen LogP contribution in [0.3, 0.4) is 0 Å². The van der Waals surface area contributed by atoms with Gasteiger partial charge >= 0.3 is 0 Å². The normalized spacial score (nSPS) is 11.0. The Morgan fingerprint density at radius 2 is 2.12 bits per heavy atom. The molecule has 0 radical (unpaired) electrons. The van der Waals surface area contributed by atoms with Gasteiger partial charge in [-0.1, -0.05) is 0 Å². The molecule has 3 N–H and O–H groups in total. The van der Waals surface area contributed by atoms with E-state index in [4.69, 9.17) is 10.8 Å². The second-order valence-corrected chi connectivity index (χ2v) is 2.66. The van der Waals surface area contributed by atoms with Gasteiger partial charge in [0.25, 0.3) is 0 Å². The van der Waals surface area contributed by atoms with Crippen LogP contribution in [-0.2, 0) is 11.3 Å². The Kier molecular flexibility index (Phi) is 2.33. The fourth-order valence-corrected chi connectivity index (χ4v) is 0.322. The van der Waals surface area contributed by atoms with Gasteiger partial charge in [0, 0.05) is 0 Å². The van der Waals surface area contributed by atoms with Crippen LogP contribution in [0, 0.1) is 0 Å². The lowest BCUT2D eigenvalue weighted by Crippen LogP contribution is -2.41. The summed E-state index contributed by atoms with van der Waals surface area (Å²) in [7, 11) is 0. The van der Waals surface area contributed by atoms with E-state index in [1.807, 2.05) is 0 Å². The van der Waals surface area contributed by atoms with E-state index in [2.05, 4.69) is 0 Å². The maximum atomic E-state index is 9.83. The van der Waals surface area contributed by atoms with Gasteiger partial charge in [0.2, 0.25) is 0 Å². The van der Waals surface area contributed by atoms with E-state index in [0.29, 0.717) is 0 Å². The Balaban J connectivity index is 4.26. The highest BCUT2D eigenvalue weighted by molar-refractivity contribution is 7.66. The third kappa shape index (κ3) is 2.20. The standard InChI is InChI=1S/C4H9NO2S/c1-4(2,5)3(6)8-7/h6H,5H2,1-2H3. The highest BCUT2D eigenvalue weighted by Crippen LogP contribution is 1.94. The van der Waals surface area contributed by atoms with Crippen molar-refractivity contribution in [3.8, 4) is 0 Å². The molecule has 0 bridgehead atoms. The first kappa shape index (κ1) is 7.81. The van der Waals surface area contributed by atoms with E-state index >= 15 is 0 Å². The van der Waals surface area contributed by atoms with Gasteiger partial charge in [0.15, 0.2) is 5.05 Å². The van der Waals surface area contributed by atoms with Crippen LogP contribution in [0.1, 0.15) is 13.8 Å². The van der Waals surface area contributed by atoms with Crippen molar-refractivity contribution in [2.75, 3.05) is 0 Å². The molecule has 0 aliphatic carbocycles. The van der Waals surface area contributed by atoms with E-state index < -0.39 is 5.54 Å². The van der Waals surface area contributed by atoms with Crippen molar-refractivity contribution < 1.29 is 9.32 Å². The molecular weight excluding hydrogens is 126 g/mol. The average Bonchev–Trinajstić information content (AvgIpc) is 1.62. The molecule has 0 unspecified atom stereocenters. The molecule has 0 atom stereocenters. The van der Waals surface area contributed by atoms with Gasteiger partial charge in [0.05, 0.1) is 5.54 Å². The number of aliphatic hydroxyl groups is 1. The zero-order chi connectivity index (χ0) is 6.78. The van der Waals surface area contributed by atoms with E-state index in [0.717, 1.165) is 0 Å². The molecule has 48 valence electrons. The summed E-state index contributed by atoms with van der Waals surface area (Å²) in [6.07, 6.45) is 0. The predicted molar refractivity (Wildman–Crippen MR) is 34.0 cm³/mol. The van der Waals surface area contributed by atoms with Crippen LogP contribution < -0.4 is 5.73 Å². The first-order chi connectivity index (χ1) is 3.48. The number of aliphatic hydroxyl groups excluding tert-OH is 1. The number of nitrogens with two attached hydrogens (primary N) is 1. The summed E-state index contributed by atoms with van der Waals surface area (Å²) in [5, 5.41) is 8.36. The number of hydrogen-bond donors (Lipinski definition) is 2. The largest absolute Gasteiger partial charge is 0.351 e. The lowest BCUT2D eigenvalue weighted by Gasteiger charge is -2.12. The molecule has 0 aliphatic heterocycles. The van der Waals surface area contributed by atoms with Gasteiger partial charge in [-0.25, -0.2) is 4.21 Å². The van der Waals surface area contributed by atoms with Crippen molar-refractivity contribution in [2.24, 2.45) is 5.73 Å². The lowest BCUT2D eigenvalue weighted by atomic mass is 10.1. The highest BCUT2D eigenvalue weighted by atomic mass is 32.1. The SMILES string of the molecule is CC(C)(N)C(O)=S=O. The number of hydrogen-bond acceptors (Lipinski definition) is 2. The predicted octanol–water partition coefficient (Wildman–Crippen LogP) is -0.375. The summed E-state index contributed by atoms with van der Waals surface area (Å²) in [6.45, 7) is 3.13. The summed E-state index contributed by atoms with van der Waals surface area (Å²) in [4.78, 5) is 0. The second kappa shape index (κ2) is 2.39. The maximum Gasteiger partial charge on any atom is 0.162 e. The van der Waals surface area contributed by atoms with E-state index in [1.54, 1.807) is 13.8 Å². The summed E-state index contributed by atoms with van der Waals surface area (Å²) in [6, 6.07) is 0. The van der Waals surface area contributed by atoms with Gasteiger partial charge in [-0.2, -0.15) is 0 Å². The zero-order valence-corrected chi connectivity index (χ0v) is 5.66. The highest BCUT2D eigenvalue weighted by Gasteiger charge is 2.15. The Hall–Kier alpha value is -0.190. The van der Waals surface area contributed by atoms with Gasteiger partial charge in [-0.15, -0.1) is 0 Å². The quantitative estimate of drug-likeness (QED) is 0.482. The molecule has 8 heavy (non-hydrogen) atoms. The topological polar surface area (TPSA) is 63.3 Å². The average molecular weight is 135 g/mol. The van der Waals surface area contributed by atoms with Crippen LogP contribution >= 0.6 is 0 Å². The van der Waals surface area contributed by atoms with Crippen LogP contribution in [0.15, 0.2) is 0 Å². The Morgan fingerprint density at radius 1 is 1.75 bits per heavy atom. The third-order valence-electron chi connectivity index (χ3n) is 0.630. The van der Waals surface area contributed by atoms with E-state index in [-0.39, 0.29) is 16.3 Å². The van der Waals surface area contributed by atoms with Crippen molar-refractivity contribution in [2.45, 2.75) is 19.4 Å². The summed E-state index contributed by atoms with van der Waals surface area (Å²) in [5.41, 5.74) is 4.41. The van der Waals surface area contributed by atoms with Crippen molar-refractivity contribution >= 4 is 16.3 Å². The fraction of sp³-hybridized carbons (Fsp3) is 0.750. The number of rotatable bonds is 1. The minimum absolute atomic E-state index is 0.0289.